The number of hydrogen-bond acceptors (Lipinski definition) is 4. The lowest BCUT2D eigenvalue weighted by Gasteiger charge is -2.31. The normalized spacial score (nSPS) is 18.5. The van der Waals surface area contributed by atoms with E-state index in [-0.39, 0.29) is 12.5 Å². The molecule has 1 fully saturated rings. The van der Waals surface area contributed by atoms with E-state index in [0.29, 0.717) is 24.7 Å². The number of carbonyl (C=O) groups is 2. The van der Waals surface area contributed by atoms with Gasteiger partial charge in [-0.05, 0) is 30.5 Å². The molecule has 2 unspecified atom stereocenters. The quantitative estimate of drug-likeness (QED) is 0.803. The molecule has 2 atom stereocenters. The molecular weight excluding hydrogens is 348 g/mol. The molecule has 0 aromatic heterocycles. The molecule has 0 spiro atoms. The first-order chi connectivity index (χ1) is 12.0. The zero-order valence-corrected chi connectivity index (χ0v) is 14.9. The van der Waals surface area contributed by atoms with Crippen LogP contribution in [0.15, 0.2) is 24.3 Å². The maximum absolute atomic E-state index is 11.6. The van der Waals surface area contributed by atoms with Crippen molar-refractivity contribution in [2.24, 2.45) is 5.92 Å². The first kappa shape index (κ1) is 19.3. The summed E-state index contributed by atoms with van der Waals surface area (Å²) in [5.74, 6) is 0.156. The number of carbonyl (C=O) groups excluding carboxylic acids is 1. The smallest absolute Gasteiger partial charge is 0.407 e. The zero-order chi connectivity index (χ0) is 18.2. The highest BCUT2D eigenvalue weighted by Crippen LogP contribution is 2.20. The summed E-state index contributed by atoms with van der Waals surface area (Å²) < 4.78 is 10.4. The molecule has 1 aromatic rings. The van der Waals surface area contributed by atoms with Gasteiger partial charge < -0.3 is 24.8 Å². The Bertz CT molecular complexity index is 598. The van der Waals surface area contributed by atoms with Gasteiger partial charge in [-0.25, -0.2) is 9.59 Å². The molecule has 7 nitrogen and oxygen atoms in total. The second-order valence-electron chi connectivity index (χ2n) is 6.02. The van der Waals surface area contributed by atoms with E-state index in [4.69, 9.17) is 21.4 Å². The fourth-order valence-electron chi connectivity index (χ4n) is 2.87. The van der Waals surface area contributed by atoms with Gasteiger partial charge in [0.25, 0.3) is 0 Å². The summed E-state index contributed by atoms with van der Waals surface area (Å²) in [6, 6.07) is 6.77. The summed E-state index contributed by atoms with van der Waals surface area (Å²) in [5.41, 5.74) is 0.814. The van der Waals surface area contributed by atoms with Crippen molar-refractivity contribution in [2.75, 3.05) is 33.4 Å². The van der Waals surface area contributed by atoms with Gasteiger partial charge in [-0.2, -0.15) is 0 Å². The summed E-state index contributed by atoms with van der Waals surface area (Å²) in [4.78, 5) is 24.0. The second-order valence-corrected chi connectivity index (χ2v) is 6.45. The fraction of sp³-hybridized carbons (Fsp3) is 0.529. The van der Waals surface area contributed by atoms with Crippen LogP contribution in [-0.2, 0) is 9.47 Å². The highest BCUT2D eigenvalue weighted by molar-refractivity contribution is 6.30. The van der Waals surface area contributed by atoms with Crippen molar-refractivity contribution in [1.29, 1.82) is 0 Å². The third-order valence-electron chi connectivity index (χ3n) is 4.16. The van der Waals surface area contributed by atoms with E-state index < -0.39 is 18.2 Å². The number of methoxy groups -OCH3 is 1. The van der Waals surface area contributed by atoms with Crippen LogP contribution in [-0.4, -0.2) is 55.6 Å². The molecule has 138 valence electrons. The van der Waals surface area contributed by atoms with E-state index >= 15 is 0 Å². The van der Waals surface area contributed by atoms with Crippen molar-refractivity contribution < 1.29 is 24.2 Å². The lowest BCUT2D eigenvalue weighted by atomic mass is 9.99. The number of amides is 2. The lowest BCUT2D eigenvalue weighted by molar-refractivity contribution is 0.0484. The Kier molecular flexibility index (Phi) is 7.33. The van der Waals surface area contributed by atoms with E-state index in [9.17, 15) is 9.59 Å². The number of alkyl carbamates (subject to hydrolysis) is 1. The van der Waals surface area contributed by atoms with Crippen molar-refractivity contribution in [2.45, 2.75) is 18.9 Å². The Labute approximate surface area is 151 Å². The number of likely N-dealkylation sites (tertiary alicyclic amines) is 1. The van der Waals surface area contributed by atoms with Gasteiger partial charge in [-0.3, -0.25) is 0 Å². The predicted octanol–water partition coefficient (Wildman–Crippen LogP) is 3.14. The van der Waals surface area contributed by atoms with E-state index in [1.54, 1.807) is 18.2 Å². The average molecular weight is 371 g/mol. The summed E-state index contributed by atoms with van der Waals surface area (Å²) in [6.07, 6.45) is 0.311. The van der Waals surface area contributed by atoms with Crippen LogP contribution in [0.5, 0.6) is 0 Å². The number of carboxylic acid groups (broad SMARTS) is 1. The predicted molar refractivity (Wildman–Crippen MR) is 92.9 cm³/mol. The molecule has 2 amide bonds. The third-order valence-corrected chi connectivity index (χ3v) is 4.39. The van der Waals surface area contributed by atoms with Gasteiger partial charge in [-0.1, -0.05) is 23.7 Å². The minimum atomic E-state index is -0.895. The first-order valence-electron chi connectivity index (χ1n) is 8.15. The Hall–Kier alpha value is -1.99. The number of benzene rings is 1. The van der Waals surface area contributed by atoms with Crippen LogP contribution in [0.2, 0.25) is 5.02 Å². The summed E-state index contributed by atoms with van der Waals surface area (Å²) >= 11 is 6.01. The molecular formula is C17H23ClN2O5. The molecule has 0 aliphatic carbocycles. The van der Waals surface area contributed by atoms with Crippen LogP contribution in [0.1, 0.15) is 24.4 Å². The molecule has 1 saturated heterocycles. The van der Waals surface area contributed by atoms with E-state index in [2.05, 4.69) is 10.1 Å². The van der Waals surface area contributed by atoms with Crippen molar-refractivity contribution in [3.05, 3.63) is 34.9 Å². The Morgan fingerprint density at radius 1 is 1.48 bits per heavy atom. The Morgan fingerprint density at radius 2 is 2.28 bits per heavy atom. The molecule has 0 saturated carbocycles. The number of piperidine rings is 1. The van der Waals surface area contributed by atoms with Crippen molar-refractivity contribution in [1.82, 2.24) is 10.2 Å². The van der Waals surface area contributed by atoms with E-state index in [1.165, 1.54) is 12.0 Å². The number of nitrogens with zero attached hydrogens (tertiary/aromatic N) is 1. The fourth-order valence-corrected chi connectivity index (χ4v) is 3.07. The van der Waals surface area contributed by atoms with Gasteiger partial charge in [0, 0.05) is 24.0 Å². The second kappa shape index (κ2) is 9.48. The molecule has 1 aromatic carbocycles. The van der Waals surface area contributed by atoms with Crippen molar-refractivity contribution in [3.63, 3.8) is 0 Å². The van der Waals surface area contributed by atoms with Gasteiger partial charge in [0.1, 0.15) is 0 Å². The van der Waals surface area contributed by atoms with Crippen LogP contribution in [0.25, 0.3) is 0 Å². The summed E-state index contributed by atoms with van der Waals surface area (Å²) in [7, 11) is 1.30. The van der Waals surface area contributed by atoms with Crippen molar-refractivity contribution >= 4 is 23.8 Å². The Morgan fingerprint density at radius 3 is 2.96 bits per heavy atom. The van der Waals surface area contributed by atoms with E-state index in [0.717, 1.165) is 18.4 Å². The third kappa shape index (κ3) is 6.10. The molecule has 2 N–H and O–H groups in total. The number of rotatable bonds is 6. The molecule has 1 heterocycles. The SMILES string of the molecule is COC(=O)NC(COCC1CCCN(C(=O)O)C1)c1cccc(Cl)c1. The Balaban J connectivity index is 1.91. The number of nitrogens with one attached hydrogen (secondary N) is 1. The van der Waals surface area contributed by atoms with Gasteiger partial charge in [0.2, 0.25) is 0 Å². The molecule has 1 aliphatic rings. The van der Waals surface area contributed by atoms with Gasteiger partial charge in [0.05, 0.1) is 26.4 Å². The largest absolute Gasteiger partial charge is 0.465 e. The monoisotopic (exact) mass is 370 g/mol. The highest BCUT2D eigenvalue weighted by Gasteiger charge is 2.24. The average Bonchev–Trinajstić information content (AvgIpc) is 2.61. The van der Waals surface area contributed by atoms with Crippen LogP contribution in [0.4, 0.5) is 9.59 Å². The molecule has 1 aliphatic heterocycles. The number of hydrogen-bond donors (Lipinski definition) is 2. The maximum atomic E-state index is 11.6. The highest BCUT2D eigenvalue weighted by atomic mass is 35.5. The van der Waals surface area contributed by atoms with Gasteiger partial charge in [-0.15, -0.1) is 0 Å². The minimum absolute atomic E-state index is 0.156. The van der Waals surface area contributed by atoms with Gasteiger partial charge in [0.15, 0.2) is 0 Å². The first-order valence-corrected chi connectivity index (χ1v) is 8.53. The van der Waals surface area contributed by atoms with Crippen LogP contribution in [0.3, 0.4) is 0 Å². The molecule has 0 bridgehead atoms. The summed E-state index contributed by atoms with van der Waals surface area (Å²) in [5, 5.41) is 12.4. The molecule has 2 rings (SSSR count). The topological polar surface area (TPSA) is 88.1 Å². The number of halogens is 1. The van der Waals surface area contributed by atoms with Crippen molar-refractivity contribution in [3.8, 4) is 0 Å². The minimum Gasteiger partial charge on any atom is -0.465 e. The van der Waals surface area contributed by atoms with E-state index in [1.807, 2.05) is 6.07 Å². The molecule has 25 heavy (non-hydrogen) atoms. The van der Waals surface area contributed by atoms with Crippen LogP contribution >= 0.6 is 11.6 Å². The maximum Gasteiger partial charge on any atom is 0.407 e. The molecule has 8 heteroatoms. The number of ether oxygens (including phenoxy) is 2. The van der Waals surface area contributed by atoms with Crippen LogP contribution in [0, 0.1) is 5.92 Å². The standard InChI is InChI=1S/C17H23ClN2O5/c1-24-16(21)19-15(13-5-2-6-14(18)8-13)11-25-10-12-4-3-7-20(9-12)17(22)23/h2,5-6,8,12,15H,3-4,7,9-11H2,1H3,(H,19,21)(H,22,23). The van der Waals surface area contributed by atoms with Crippen LogP contribution < -0.4 is 5.32 Å². The summed E-state index contributed by atoms with van der Waals surface area (Å²) in [6.45, 7) is 1.73. The lowest BCUT2D eigenvalue weighted by Crippen LogP contribution is -2.40. The zero-order valence-electron chi connectivity index (χ0n) is 14.1. The van der Waals surface area contributed by atoms with Gasteiger partial charge >= 0.3 is 12.2 Å². The molecule has 0 radical (unpaired) electrons.